The zero-order chi connectivity index (χ0) is 23.0. The van der Waals surface area contributed by atoms with Gasteiger partial charge in [0.15, 0.2) is 0 Å². The SMILES string of the molecule is COC(=O)C[C@H]1N(C(=O)O)C[C@@H](N(Cc2ccc(OC)cc2)S(=O)(=O)C2CC2)C1(F)F. The predicted molar refractivity (Wildman–Crippen MR) is 104 cm³/mol. The summed E-state index contributed by atoms with van der Waals surface area (Å²) in [4.78, 5) is 23.7. The van der Waals surface area contributed by atoms with Crippen molar-refractivity contribution in [2.45, 2.75) is 49.1 Å². The van der Waals surface area contributed by atoms with Crippen LogP contribution in [0.5, 0.6) is 5.75 Å². The summed E-state index contributed by atoms with van der Waals surface area (Å²) in [6, 6.07) is 2.28. The highest BCUT2D eigenvalue weighted by Gasteiger charge is 2.63. The lowest BCUT2D eigenvalue weighted by molar-refractivity contribution is -0.145. The number of ether oxygens (including phenoxy) is 2. The summed E-state index contributed by atoms with van der Waals surface area (Å²) in [7, 11) is -1.65. The van der Waals surface area contributed by atoms with Gasteiger partial charge in [-0.15, -0.1) is 0 Å². The molecule has 1 aliphatic heterocycles. The number of carbonyl (C=O) groups excluding carboxylic acids is 1. The van der Waals surface area contributed by atoms with Gasteiger partial charge in [0, 0.05) is 13.1 Å². The largest absolute Gasteiger partial charge is 0.497 e. The van der Waals surface area contributed by atoms with Gasteiger partial charge in [-0.05, 0) is 30.5 Å². The number of hydrogen-bond donors (Lipinski definition) is 1. The van der Waals surface area contributed by atoms with E-state index in [9.17, 15) is 23.1 Å². The molecular weight excluding hydrogens is 438 g/mol. The molecule has 0 aromatic heterocycles. The van der Waals surface area contributed by atoms with Crippen LogP contribution in [0, 0.1) is 0 Å². The van der Waals surface area contributed by atoms with Crippen LogP contribution in [-0.4, -0.2) is 78.8 Å². The number of rotatable bonds is 8. The summed E-state index contributed by atoms with van der Waals surface area (Å²) < 4.78 is 67.2. The molecule has 1 N–H and O–H groups in total. The minimum absolute atomic E-state index is 0.355. The molecule has 9 nitrogen and oxygen atoms in total. The first-order valence-electron chi connectivity index (χ1n) is 9.60. The van der Waals surface area contributed by atoms with Crippen LogP contribution in [0.3, 0.4) is 0 Å². The number of nitrogens with zero attached hydrogens (tertiary/aromatic N) is 2. The van der Waals surface area contributed by atoms with Gasteiger partial charge in [0.05, 0.1) is 25.9 Å². The normalized spacial score (nSPS) is 23.1. The van der Waals surface area contributed by atoms with Crippen molar-refractivity contribution >= 4 is 22.1 Å². The topological polar surface area (TPSA) is 113 Å². The average Bonchev–Trinajstić information content (AvgIpc) is 3.54. The lowest BCUT2D eigenvalue weighted by atomic mass is 10.0. The second-order valence-electron chi connectivity index (χ2n) is 7.56. The van der Waals surface area contributed by atoms with Crippen LogP contribution in [-0.2, 0) is 26.1 Å². The molecule has 1 aromatic rings. The number of alkyl halides is 2. The molecule has 31 heavy (non-hydrogen) atoms. The maximum absolute atomic E-state index is 15.4. The molecule has 0 bridgehead atoms. The van der Waals surface area contributed by atoms with Crippen molar-refractivity contribution in [2.75, 3.05) is 20.8 Å². The van der Waals surface area contributed by atoms with Crippen LogP contribution in [0.25, 0.3) is 0 Å². The number of esters is 1. The number of methoxy groups -OCH3 is 2. The van der Waals surface area contributed by atoms with Gasteiger partial charge in [0.25, 0.3) is 5.92 Å². The zero-order valence-corrected chi connectivity index (χ0v) is 17.8. The lowest BCUT2D eigenvalue weighted by Crippen LogP contribution is -2.52. The fourth-order valence-electron chi connectivity index (χ4n) is 3.69. The molecule has 12 heteroatoms. The molecule has 3 rings (SSSR count). The molecule has 2 atom stereocenters. The third kappa shape index (κ3) is 4.59. The smallest absolute Gasteiger partial charge is 0.407 e. The Morgan fingerprint density at radius 3 is 2.32 bits per heavy atom. The fraction of sp³-hybridized carbons (Fsp3) is 0.579. The molecule has 172 valence electrons. The maximum atomic E-state index is 15.4. The van der Waals surface area contributed by atoms with E-state index in [-0.39, 0.29) is 6.54 Å². The molecule has 1 aromatic carbocycles. The molecule has 1 saturated heterocycles. The van der Waals surface area contributed by atoms with Crippen LogP contribution in [0.4, 0.5) is 13.6 Å². The monoisotopic (exact) mass is 462 g/mol. The Morgan fingerprint density at radius 1 is 1.23 bits per heavy atom. The van der Waals surface area contributed by atoms with Crippen molar-refractivity contribution < 1.29 is 41.4 Å². The zero-order valence-electron chi connectivity index (χ0n) is 17.0. The second-order valence-corrected chi connectivity index (χ2v) is 9.72. The molecule has 0 spiro atoms. The van der Waals surface area contributed by atoms with Gasteiger partial charge >= 0.3 is 12.1 Å². The first-order chi connectivity index (χ1) is 14.5. The summed E-state index contributed by atoms with van der Waals surface area (Å²) in [5.74, 6) is -4.30. The number of likely N-dealkylation sites (tertiary alicyclic amines) is 1. The summed E-state index contributed by atoms with van der Waals surface area (Å²) in [6.45, 7) is -1.12. The molecule has 2 fully saturated rings. The Labute approximate surface area is 178 Å². The van der Waals surface area contributed by atoms with Crippen molar-refractivity contribution in [3.8, 4) is 5.75 Å². The molecule has 1 amide bonds. The average molecular weight is 462 g/mol. The number of carboxylic acid groups (broad SMARTS) is 1. The summed E-state index contributed by atoms with van der Waals surface area (Å²) >= 11 is 0. The Kier molecular flexibility index (Phi) is 6.42. The quantitative estimate of drug-likeness (QED) is 0.587. The van der Waals surface area contributed by atoms with Gasteiger partial charge in [-0.3, -0.25) is 9.69 Å². The first kappa shape index (κ1) is 23.2. The maximum Gasteiger partial charge on any atom is 0.407 e. The van der Waals surface area contributed by atoms with Crippen LogP contribution < -0.4 is 4.74 Å². The summed E-state index contributed by atoms with van der Waals surface area (Å²) in [5, 5.41) is 8.65. The Hall–Kier alpha value is -2.47. The lowest BCUT2D eigenvalue weighted by Gasteiger charge is -2.32. The van der Waals surface area contributed by atoms with Gasteiger partial charge < -0.3 is 14.6 Å². The van der Waals surface area contributed by atoms with Gasteiger partial charge in [-0.1, -0.05) is 12.1 Å². The van der Waals surface area contributed by atoms with E-state index in [1.165, 1.54) is 7.11 Å². The van der Waals surface area contributed by atoms with E-state index in [1.54, 1.807) is 24.3 Å². The molecule has 0 unspecified atom stereocenters. The number of hydrogen-bond acceptors (Lipinski definition) is 6. The number of benzene rings is 1. The number of carbonyl (C=O) groups is 2. The molecule has 0 radical (unpaired) electrons. The molecule has 2 aliphatic rings. The van der Waals surface area contributed by atoms with E-state index in [0.717, 1.165) is 7.11 Å². The van der Waals surface area contributed by atoms with Gasteiger partial charge in [0.1, 0.15) is 17.8 Å². The highest BCUT2D eigenvalue weighted by Crippen LogP contribution is 2.43. The number of halogens is 2. The van der Waals surface area contributed by atoms with E-state index in [2.05, 4.69) is 4.74 Å². The van der Waals surface area contributed by atoms with Crippen molar-refractivity contribution in [2.24, 2.45) is 0 Å². The van der Waals surface area contributed by atoms with Crippen molar-refractivity contribution in [1.82, 2.24) is 9.21 Å². The van der Waals surface area contributed by atoms with Crippen molar-refractivity contribution in [3.63, 3.8) is 0 Å². The fourth-order valence-corrected chi connectivity index (χ4v) is 5.70. The van der Waals surface area contributed by atoms with E-state index < -0.39 is 58.3 Å². The standard InChI is InChI=1S/C19H24F2N2O7S/c1-29-13-5-3-12(4-6-13)10-23(31(27,28)14-7-8-14)16-11-22(18(25)26)15(19(16,20)21)9-17(24)30-2/h3-6,14-16H,7-11H2,1-2H3,(H,25,26)/t15-,16-/m1/s1. The summed E-state index contributed by atoms with van der Waals surface area (Å²) in [6.07, 6.45) is -1.84. The van der Waals surface area contributed by atoms with E-state index in [4.69, 9.17) is 4.74 Å². The highest BCUT2D eigenvalue weighted by molar-refractivity contribution is 7.90. The third-order valence-corrected chi connectivity index (χ3v) is 7.94. The molecular formula is C19H24F2N2O7S. The Morgan fingerprint density at radius 2 is 1.84 bits per heavy atom. The van der Waals surface area contributed by atoms with Gasteiger partial charge in [-0.2, -0.15) is 4.31 Å². The van der Waals surface area contributed by atoms with E-state index >= 15 is 8.78 Å². The van der Waals surface area contributed by atoms with Gasteiger partial charge in [-0.25, -0.2) is 22.0 Å². The highest BCUT2D eigenvalue weighted by atomic mass is 32.2. The molecule has 1 aliphatic carbocycles. The Bertz CT molecular complexity index is 935. The molecule has 1 saturated carbocycles. The third-order valence-electron chi connectivity index (χ3n) is 5.59. The van der Waals surface area contributed by atoms with Crippen molar-refractivity contribution in [3.05, 3.63) is 29.8 Å². The van der Waals surface area contributed by atoms with Crippen LogP contribution in [0.15, 0.2) is 24.3 Å². The number of sulfonamides is 1. The van der Waals surface area contributed by atoms with Crippen LogP contribution >= 0.6 is 0 Å². The minimum atomic E-state index is -4.12. The van der Waals surface area contributed by atoms with Gasteiger partial charge in [0.2, 0.25) is 10.0 Å². The predicted octanol–water partition coefficient (Wildman–Crippen LogP) is 1.92. The van der Waals surface area contributed by atoms with E-state index in [1.807, 2.05) is 0 Å². The molecule has 1 heterocycles. The van der Waals surface area contributed by atoms with Crippen molar-refractivity contribution in [1.29, 1.82) is 0 Å². The summed E-state index contributed by atoms with van der Waals surface area (Å²) in [5.41, 5.74) is 0.444. The van der Waals surface area contributed by atoms with Crippen LogP contribution in [0.1, 0.15) is 24.8 Å². The van der Waals surface area contributed by atoms with Crippen LogP contribution in [0.2, 0.25) is 0 Å². The number of amides is 1. The second kappa shape index (κ2) is 8.58. The van der Waals surface area contributed by atoms with E-state index in [0.29, 0.717) is 33.4 Å². The Balaban J connectivity index is 1.98. The first-order valence-corrected chi connectivity index (χ1v) is 11.1. The minimum Gasteiger partial charge on any atom is -0.497 e.